The smallest absolute Gasteiger partial charge is 0.264 e. The molecule has 1 N–H and O–H groups in total. The highest BCUT2D eigenvalue weighted by atomic mass is 35.5. The first-order valence-electron chi connectivity index (χ1n) is 11.1. The predicted molar refractivity (Wildman–Crippen MR) is 134 cm³/mol. The lowest BCUT2D eigenvalue weighted by molar-refractivity contribution is -0.120. The minimum absolute atomic E-state index is 0.106. The number of methoxy groups -OCH3 is 1. The number of hydrogen-bond donors (Lipinski definition) is 1. The number of fused-ring (bicyclic) bond motifs is 1. The number of nitrogens with zero attached hydrogens (tertiary/aromatic N) is 1. The molecule has 0 bridgehead atoms. The second-order valence-electron chi connectivity index (χ2n) is 8.34. The van der Waals surface area contributed by atoms with Crippen LogP contribution >= 0.6 is 11.6 Å². The molecule has 1 aliphatic rings. The zero-order valence-electron chi connectivity index (χ0n) is 19.1. The number of hydrogen-bond acceptors (Lipinski definition) is 4. The van der Waals surface area contributed by atoms with E-state index in [1.807, 2.05) is 25.1 Å². The van der Waals surface area contributed by atoms with Gasteiger partial charge in [0.2, 0.25) is 5.91 Å². The monoisotopic (exact) mass is 498 g/mol. The summed E-state index contributed by atoms with van der Waals surface area (Å²) in [6.07, 6.45) is 2.62. The van der Waals surface area contributed by atoms with Gasteiger partial charge in [-0.05, 0) is 79.3 Å². The zero-order chi connectivity index (χ0) is 24.3. The highest BCUT2D eigenvalue weighted by Gasteiger charge is 2.29. The number of sulfonamides is 1. The summed E-state index contributed by atoms with van der Waals surface area (Å²) < 4.78 is 33.5. The number of anilines is 1. The van der Waals surface area contributed by atoms with Gasteiger partial charge in [0.15, 0.2) is 0 Å². The third kappa shape index (κ3) is 5.05. The Bertz CT molecular complexity index is 1300. The van der Waals surface area contributed by atoms with Crippen molar-refractivity contribution >= 4 is 33.2 Å². The molecule has 6 nitrogen and oxygen atoms in total. The predicted octanol–water partition coefficient (Wildman–Crippen LogP) is 5.05. The number of halogens is 1. The molecule has 1 unspecified atom stereocenters. The van der Waals surface area contributed by atoms with Crippen LogP contribution in [0.15, 0.2) is 71.6 Å². The first-order chi connectivity index (χ1) is 16.3. The molecule has 0 aromatic heterocycles. The average molecular weight is 499 g/mol. The van der Waals surface area contributed by atoms with Crippen LogP contribution in [0.25, 0.3) is 0 Å². The Morgan fingerprint density at radius 1 is 1.12 bits per heavy atom. The minimum atomic E-state index is -3.99. The largest absolute Gasteiger partial charge is 0.497 e. The van der Waals surface area contributed by atoms with E-state index in [1.165, 1.54) is 12.1 Å². The van der Waals surface area contributed by atoms with Crippen molar-refractivity contribution in [2.24, 2.45) is 0 Å². The van der Waals surface area contributed by atoms with Crippen molar-refractivity contribution in [2.75, 3.05) is 18.0 Å². The summed E-state index contributed by atoms with van der Waals surface area (Å²) in [5.74, 6) is 0.395. The molecule has 34 heavy (non-hydrogen) atoms. The SMILES string of the molecule is COc1ccc2c(c1)CCCC2NC(=O)CN(c1ccc(C)c(Cl)c1)S(=O)(=O)c1ccccc1. The van der Waals surface area contributed by atoms with E-state index < -0.39 is 10.0 Å². The van der Waals surface area contributed by atoms with Gasteiger partial charge in [0, 0.05) is 5.02 Å². The third-order valence-electron chi connectivity index (χ3n) is 6.06. The second kappa shape index (κ2) is 10.1. The Balaban J connectivity index is 1.62. The summed E-state index contributed by atoms with van der Waals surface area (Å²) in [5, 5.41) is 3.48. The van der Waals surface area contributed by atoms with Crippen molar-refractivity contribution in [3.05, 3.63) is 88.4 Å². The van der Waals surface area contributed by atoms with Crippen molar-refractivity contribution < 1.29 is 17.9 Å². The van der Waals surface area contributed by atoms with Gasteiger partial charge in [-0.1, -0.05) is 41.9 Å². The fourth-order valence-corrected chi connectivity index (χ4v) is 5.82. The van der Waals surface area contributed by atoms with Crippen molar-refractivity contribution in [1.82, 2.24) is 5.32 Å². The van der Waals surface area contributed by atoms with Gasteiger partial charge in [-0.3, -0.25) is 9.10 Å². The molecular formula is C26H27ClN2O4S. The van der Waals surface area contributed by atoms with Gasteiger partial charge in [0.05, 0.1) is 23.7 Å². The van der Waals surface area contributed by atoms with Gasteiger partial charge in [-0.15, -0.1) is 0 Å². The van der Waals surface area contributed by atoms with Crippen molar-refractivity contribution in [3.63, 3.8) is 0 Å². The Morgan fingerprint density at radius 2 is 1.88 bits per heavy atom. The molecule has 1 atom stereocenters. The molecule has 0 aliphatic heterocycles. The molecule has 3 aromatic rings. The molecule has 0 saturated carbocycles. The van der Waals surface area contributed by atoms with Crippen LogP contribution in [0.5, 0.6) is 5.75 Å². The number of carbonyl (C=O) groups excluding carboxylic acids is 1. The van der Waals surface area contributed by atoms with Gasteiger partial charge < -0.3 is 10.1 Å². The lowest BCUT2D eigenvalue weighted by atomic mass is 9.87. The van der Waals surface area contributed by atoms with E-state index in [-0.39, 0.29) is 23.4 Å². The second-order valence-corrected chi connectivity index (χ2v) is 10.6. The fraction of sp³-hybridized carbons (Fsp3) is 0.269. The number of carbonyl (C=O) groups is 1. The van der Waals surface area contributed by atoms with E-state index in [1.54, 1.807) is 43.5 Å². The standard InChI is InChI=1S/C26H27ClN2O4S/c1-18-11-12-20(16-24(18)27)29(34(31,32)22-8-4-3-5-9-22)17-26(30)28-25-10-6-7-19-15-21(33-2)13-14-23(19)25/h3-5,8-9,11-16,25H,6-7,10,17H2,1-2H3,(H,28,30). The number of nitrogens with one attached hydrogen (secondary N) is 1. The van der Waals surface area contributed by atoms with Gasteiger partial charge in [0.25, 0.3) is 10.0 Å². The van der Waals surface area contributed by atoms with Crippen LogP contribution in [0, 0.1) is 6.92 Å². The van der Waals surface area contributed by atoms with Gasteiger partial charge >= 0.3 is 0 Å². The lowest BCUT2D eigenvalue weighted by Crippen LogP contribution is -2.42. The molecule has 0 heterocycles. The molecule has 0 fully saturated rings. The Labute approximate surface area is 205 Å². The molecule has 4 rings (SSSR count). The fourth-order valence-electron chi connectivity index (χ4n) is 4.21. The summed E-state index contributed by atoms with van der Waals surface area (Å²) in [6, 6.07) is 18.7. The highest BCUT2D eigenvalue weighted by Crippen LogP contribution is 2.33. The average Bonchev–Trinajstić information content (AvgIpc) is 2.84. The van der Waals surface area contributed by atoms with Crippen LogP contribution in [0.1, 0.15) is 35.6 Å². The zero-order valence-corrected chi connectivity index (χ0v) is 20.7. The van der Waals surface area contributed by atoms with E-state index in [0.29, 0.717) is 10.7 Å². The maximum Gasteiger partial charge on any atom is 0.264 e. The van der Waals surface area contributed by atoms with Crippen molar-refractivity contribution in [1.29, 1.82) is 0 Å². The summed E-state index contributed by atoms with van der Waals surface area (Å²) in [6.45, 7) is 1.48. The highest BCUT2D eigenvalue weighted by molar-refractivity contribution is 7.92. The molecule has 0 radical (unpaired) electrons. The Morgan fingerprint density at radius 3 is 2.59 bits per heavy atom. The van der Waals surface area contributed by atoms with Gasteiger partial charge in [-0.2, -0.15) is 0 Å². The normalized spacial score (nSPS) is 15.3. The Kier molecular flexibility index (Phi) is 7.14. The lowest BCUT2D eigenvalue weighted by Gasteiger charge is -2.29. The molecule has 0 saturated heterocycles. The Hall–Kier alpha value is -3.03. The third-order valence-corrected chi connectivity index (χ3v) is 8.26. The van der Waals surface area contributed by atoms with E-state index >= 15 is 0 Å². The topological polar surface area (TPSA) is 75.7 Å². The molecule has 1 amide bonds. The molecule has 178 valence electrons. The summed E-state index contributed by atoms with van der Waals surface area (Å²) in [4.78, 5) is 13.3. The molecule has 3 aromatic carbocycles. The molecular weight excluding hydrogens is 472 g/mol. The molecule has 0 spiro atoms. The molecule has 8 heteroatoms. The van der Waals surface area contributed by atoms with E-state index in [9.17, 15) is 13.2 Å². The van der Waals surface area contributed by atoms with Crippen LogP contribution in [-0.4, -0.2) is 28.0 Å². The van der Waals surface area contributed by atoms with Crippen LogP contribution in [0.2, 0.25) is 5.02 Å². The quantitative estimate of drug-likeness (QED) is 0.494. The number of amides is 1. The number of ether oxygens (including phenoxy) is 1. The number of aryl methyl sites for hydroxylation is 2. The van der Waals surface area contributed by atoms with Crippen molar-refractivity contribution in [3.8, 4) is 5.75 Å². The van der Waals surface area contributed by atoms with Gasteiger partial charge in [-0.25, -0.2) is 8.42 Å². The van der Waals surface area contributed by atoms with Crippen LogP contribution < -0.4 is 14.4 Å². The maximum atomic E-state index is 13.5. The summed E-state index contributed by atoms with van der Waals surface area (Å²) in [5.41, 5.74) is 3.33. The first-order valence-corrected chi connectivity index (χ1v) is 12.9. The van der Waals surface area contributed by atoms with E-state index in [2.05, 4.69) is 5.32 Å². The molecule has 1 aliphatic carbocycles. The maximum absolute atomic E-state index is 13.5. The van der Waals surface area contributed by atoms with Gasteiger partial charge in [0.1, 0.15) is 12.3 Å². The summed E-state index contributed by atoms with van der Waals surface area (Å²) in [7, 11) is -2.36. The summed E-state index contributed by atoms with van der Waals surface area (Å²) >= 11 is 6.29. The number of rotatable bonds is 7. The van der Waals surface area contributed by atoms with E-state index in [0.717, 1.165) is 46.0 Å². The number of benzene rings is 3. The van der Waals surface area contributed by atoms with Crippen LogP contribution in [0.4, 0.5) is 5.69 Å². The minimum Gasteiger partial charge on any atom is -0.497 e. The first kappa shape index (κ1) is 24.1. The van der Waals surface area contributed by atoms with Crippen LogP contribution in [0.3, 0.4) is 0 Å². The van der Waals surface area contributed by atoms with E-state index in [4.69, 9.17) is 16.3 Å². The van der Waals surface area contributed by atoms with Crippen LogP contribution in [-0.2, 0) is 21.2 Å². The van der Waals surface area contributed by atoms with Crippen molar-refractivity contribution in [2.45, 2.75) is 37.1 Å².